The number of thiophene rings is 1. The van der Waals surface area contributed by atoms with Crippen molar-refractivity contribution in [3.05, 3.63) is 67.0 Å². The average Bonchev–Trinajstić information content (AvgIpc) is 3.22. The van der Waals surface area contributed by atoms with E-state index in [1.54, 1.807) is 6.07 Å². The first kappa shape index (κ1) is 14.5. The molecule has 0 saturated carbocycles. The number of nitrogens with zero attached hydrogens (tertiary/aromatic N) is 3. The fourth-order valence-electron chi connectivity index (χ4n) is 2.12. The van der Waals surface area contributed by atoms with Crippen LogP contribution in [-0.2, 0) is 0 Å². The van der Waals surface area contributed by atoms with Crippen LogP contribution in [0.4, 0.5) is 4.39 Å². The van der Waals surface area contributed by atoms with E-state index in [0.717, 1.165) is 16.2 Å². The maximum atomic E-state index is 13.8. The van der Waals surface area contributed by atoms with Crippen LogP contribution in [0.5, 0.6) is 0 Å². The van der Waals surface area contributed by atoms with Crippen LogP contribution in [0.2, 0.25) is 5.02 Å². The number of aromatic nitrogens is 3. The van der Waals surface area contributed by atoms with Gasteiger partial charge in [0, 0.05) is 5.56 Å². The van der Waals surface area contributed by atoms with Crippen molar-refractivity contribution in [2.75, 3.05) is 0 Å². The molecule has 3 aromatic heterocycles. The largest absolute Gasteiger partial charge is 0.291 e. The SMILES string of the molecule is O=c1/c(=C/c2c(F)cccc2Cl)sc2nc(-c3cccs3)nn12. The lowest BCUT2D eigenvalue weighted by Gasteiger charge is -1.97. The predicted octanol–water partition coefficient (Wildman–Crippen LogP) is 3.22. The highest BCUT2D eigenvalue weighted by molar-refractivity contribution is 7.15. The van der Waals surface area contributed by atoms with E-state index in [2.05, 4.69) is 10.1 Å². The van der Waals surface area contributed by atoms with Gasteiger partial charge >= 0.3 is 0 Å². The summed E-state index contributed by atoms with van der Waals surface area (Å²) in [7, 11) is 0. The number of fused-ring (bicyclic) bond motifs is 1. The summed E-state index contributed by atoms with van der Waals surface area (Å²) < 4.78 is 15.4. The predicted molar refractivity (Wildman–Crippen MR) is 90.6 cm³/mol. The van der Waals surface area contributed by atoms with E-state index in [4.69, 9.17) is 11.6 Å². The number of hydrogen-bond donors (Lipinski definition) is 0. The first-order valence-electron chi connectivity index (χ1n) is 6.52. The molecule has 0 radical (unpaired) electrons. The first-order chi connectivity index (χ1) is 11.1. The topological polar surface area (TPSA) is 47.3 Å². The third-order valence-corrected chi connectivity index (χ3v) is 5.35. The Labute approximate surface area is 142 Å². The number of halogens is 2. The standard InChI is InChI=1S/C15H7ClFN3OS2/c16-9-3-1-4-10(17)8(9)7-12-14(21)20-15(23-12)18-13(19-20)11-5-2-6-22-11/h1-7H/b12-7-. The van der Waals surface area contributed by atoms with Gasteiger partial charge in [-0.25, -0.2) is 4.39 Å². The fraction of sp³-hybridized carbons (Fsp3) is 0. The summed E-state index contributed by atoms with van der Waals surface area (Å²) >= 11 is 8.65. The first-order valence-corrected chi connectivity index (χ1v) is 8.60. The van der Waals surface area contributed by atoms with E-state index in [1.165, 1.54) is 34.1 Å². The van der Waals surface area contributed by atoms with E-state index < -0.39 is 5.82 Å². The molecule has 0 spiro atoms. The third kappa shape index (κ3) is 2.46. The molecule has 0 aliphatic heterocycles. The zero-order valence-corrected chi connectivity index (χ0v) is 13.8. The second kappa shape index (κ2) is 5.52. The minimum absolute atomic E-state index is 0.189. The molecule has 3 heterocycles. The van der Waals surface area contributed by atoms with Gasteiger partial charge in [0.15, 0.2) is 5.82 Å². The van der Waals surface area contributed by atoms with Gasteiger partial charge < -0.3 is 0 Å². The molecule has 0 unspecified atom stereocenters. The molecule has 4 rings (SSSR count). The van der Waals surface area contributed by atoms with E-state index in [0.29, 0.717) is 15.3 Å². The molecule has 0 amide bonds. The van der Waals surface area contributed by atoms with Crippen LogP contribution in [-0.4, -0.2) is 14.6 Å². The second-order valence-electron chi connectivity index (χ2n) is 4.66. The van der Waals surface area contributed by atoms with Gasteiger partial charge in [-0.1, -0.05) is 35.1 Å². The summed E-state index contributed by atoms with van der Waals surface area (Å²) in [5.74, 6) is 0.0361. The third-order valence-electron chi connectivity index (χ3n) is 3.20. The summed E-state index contributed by atoms with van der Waals surface area (Å²) in [4.78, 5) is 18.1. The molecule has 8 heteroatoms. The van der Waals surface area contributed by atoms with Gasteiger partial charge in [0.1, 0.15) is 5.82 Å². The molecule has 0 saturated heterocycles. The van der Waals surface area contributed by atoms with E-state index in [1.807, 2.05) is 17.5 Å². The number of thiazole rings is 1. The van der Waals surface area contributed by atoms with Crippen molar-refractivity contribution < 1.29 is 4.39 Å². The molecule has 0 fully saturated rings. The van der Waals surface area contributed by atoms with Crippen molar-refractivity contribution in [2.24, 2.45) is 0 Å². The van der Waals surface area contributed by atoms with Crippen molar-refractivity contribution >= 4 is 45.3 Å². The smallest absolute Gasteiger partial charge is 0.266 e. The lowest BCUT2D eigenvalue weighted by Crippen LogP contribution is -2.23. The van der Waals surface area contributed by atoms with Crippen molar-refractivity contribution in [3.8, 4) is 10.7 Å². The van der Waals surface area contributed by atoms with Gasteiger partial charge in [-0.15, -0.1) is 16.4 Å². The Hall–Kier alpha value is -2.09. The molecule has 114 valence electrons. The van der Waals surface area contributed by atoms with Crippen LogP contribution in [0.25, 0.3) is 21.7 Å². The maximum Gasteiger partial charge on any atom is 0.291 e. The van der Waals surface area contributed by atoms with Crippen LogP contribution >= 0.6 is 34.3 Å². The van der Waals surface area contributed by atoms with Gasteiger partial charge in [0.05, 0.1) is 14.4 Å². The van der Waals surface area contributed by atoms with Gasteiger partial charge in [0.2, 0.25) is 4.96 Å². The van der Waals surface area contributed by atoms with Crippen molar-refractivity contribution in [1.29, 1.82) is 0 Å². The molecule has 0 bridgehead atoms. The van der Waals surface area contributed by atoms with E-state index in [-0.39, 0.29) is 16.1 Å². The molecule has 0 aliphatic carbocycles. The van der Waals surface area contributed by atoms with Crippen LogP contribution in [0.1, 0.15) is 5.56 Å². The molecule has 0 atom stereocenters. The normalized spacial score (nSPS) is 12.3. The lowest BCUT2D eigenvalue weighted by molar-refractivity contribution is 0.625. The molecule has 0 N–H and O–H groups in total. The lowest BCUT2D eigenvalue weighted by atomic mass is 10.2. The van der Waals surface area contributed by atoms with Gasteiger partial charge in [-0.2, -0.15) is 9.50 Å². The van der Waals surface area contributed by atoms with Crippen molar-refractivity contribution in [1.82, 2.24) is 14.6 Å². The van der Waals surface area contributed by atoms with Gasteiger partial charge in [0.25, 0.3) is 5.56 Å². The molecule has 1 aromatic carbocycles. The van der Waals surface area contributed by atoms with Crippen molar-refractivity contribution in [2.45, 2.75) is 0 Å². The highest BCUT2D eigenvalue weighted by Crippen LogP contribution is 2.22. The number of hydrogen-bond acceptors (Lipinski definition) is 5. The number of benzene rings is 1. The Morgan fingerprint density at radius 3 is 2.83 bits per heavy atom. The molecular formula is C15H7ClFN3OS2. The minimum atomic E-state index is -0.477. The monoisotopic (exact) mass is 363 g/mol. The maximum absolute atomic E-state index is 13.8. The molecule has 23 heavy (non-hydrogen) atoms. The van der Waals surface area contributed by atoms with Crippen LogP contribution < -0.4 is 10.1 Å². The average molecular weight is 364 g/mol. The molecule has 4 nitrogen and oxygen atoms in total. The quantitative estimate of drug-likeness (QED) is 0.549. The summed E-state index contributed by atoms with van der Waals surface area (Å²) in [6, 6.07) is 8.18. The molecule has 0 aliphatic rings. The number of rotatable bonds is 2. The Bertz CT molecular complexity index is 1100. The van der Waals surface area contributed by atoms with Crippen LogP contribution in [0.15, 0.2) is 40.5 Å². The summed E-state index contributed by atoms with van der Waals surface area (Å²) in [6.45, 7) is 0. The Morgan fingerprint density at radius 1 is 1.26 bits per heavy atom. The second-order valence-corrected chi connectivity index (χ2v) is 7.02. The van der Waals surface area contributed by atoms with E-state index >= 15 is 0 Å². The van der Waals surface area contributed by atoms with E-state index in [9.17, 15) is 9.18 Å². The Morgan fingerprint density at radius 2 is 2.13 bits per heavy atom. The summed E-state index contributed by atoms with van der Waals surface area (Å²) in [5, 5.41) is 6.40. The highest BCUT2D eigenvalue weighted by atomic mass is 35.5. The van der Waals surface area contributed by atoms with Crippen LogP contribution in [0.3, 0.4) is 0 Å². The Kier molecular flexibility index (Phi) is 3.48. The fourth-order valence-corrected chi connectivity index (χ4v) is 3.88. The Balaban J connectivity index is 1.90. The highest BCUT2D eigenvalue weighted by Gasteiger charge is 2.13. The molecule has 4 aromatic rings. The zero-order chi connectivity index (χ0) is 16.0. The van der Waals surface area contributed by atoms with Gasteiger partial charge in [-0.05, 0) is 29.7 Å². The summed E-state index contributed by atoms with van der Waals surface area (Å²) in [6.07, 6.45) is 1.44. The van der Waals surface area contributed by atoms with Crippen molar-refractivity contribution in [3.63, 3.8) is 0 Å². The molecular weight excluding hydrogens is 357 g/mol. The summed E-state index contributed by atoms with van der Waals surface area (Å²) in [5.41, 5.74) is -0.145. The minimum Gasteiger partial charge on any atom is -0.266 e. The zero-order valence-electron chi connectivity index (χ0n) is 11.4. The van der Waals surface area contributed by atoms with Crippen LogP contribution in [0, 0.1) is 5.82 Å². The van der Waals surface area contributed by atoms with Gasteiger partial charge in [-0.3, -0.25) is 4.79 Å².